The van der Waals surface area contributed by atoms with Gasteiger partial charge >= 0.3 is 54.8 Å². The molecular formula is C55H77CaF6N3O13S4Si2. The first-order chi connectivity index (χ1) is 37.8. The molecule has 0 saturated carbocycles. The summed E-state index contributed by atoms with van der Waals surface area (Å²) in [5.74, 6) is 2.27. The molecule has 2 N–H and O–H groups in total. The normalized spacial score (nSPS) is 19.6. The van der Waals surface area contributed by atoms with Gasteiger partial charge in [0.15, 0.2) is 20.2 Å². The maximum absolute atomic E-state index is 13.9. The van der Waals surface area contributed by atoms with Crippen molar-refractivity contribution < 1.29 is 84.9 Å². The fourth-order valence-corrected chi connectivity index (χ4v) is 18.4. The molecule has 0 unspecified atom stereocenters. The molecule has 0 aromatic heterocycles. The Bertz CT molecular complexity index is 3070. The number of fused-ring (bicyclic) bond motifs is 1. The van der Waals surface area contributed by atoms with Crippen molar-refractivity contribution in [1.29, 1.82) is 0 Å². The van der Waals surface area contributed by atoms with Gasteiger partial charge in [-0.15, -0.1) is 0 Å². The smallest absolute Gasteiger partial charge is 0.741 e. The number of nitrogens with zero attached hydrogens (tertiary/aromatic N) is 2. The largest absolute Gasteiger partial charge is 2.00 e. The second-order valence-corrected chi connectivity index (χ2v) is 41.0. The van der Waals surface area contributed by atoms with Crippen molar-refractivity contribution in [3.05, 3.63) is 112 Å². The topological polar surface area (TPSA) is 248 Å². The fourth-order valence-electron chi connectivity index (χ4n) is 9.45. The molecule has 84 heavy (non-hydrogen) atoms. The molecule has 29 heteroatoms. The number of aliphatic hydroxyl groups is 1. The molecule has 2 heterocycles. The molecule has 1 aliphatic carbocycles. The maximum Gasteiger partial charge on any atom is 2.00 e. The van der Waals surface area contributed by atoms with Crippen LogP contribution in [0.15, 0.2) is 84.5 Å². The minimum Gasteiger partial charge on any atom is -0.741 e. The molecule has 0 saturated heterocycles. The number of likely N-dealkylation sites (N-methyl/N-ethyl adjacent to an activating group) is 2. The zero-order valence-electron chi connectivity index (χ0n) is 49.5. The van der Waals surface area contributed by atoms with Crippen LogP contribution in [0.3, 0.4) is 0 Å². The third kappa shape index (κ3) is 22.4. The molecule has 3 aromatic carbocycles. The Hall–Kier alpha value is -3.30. The average molecular weight is 1330 g/mol. The molecule has 3 aliphatic rings. The fraction of sp³-hybridized carbons (Fsp3) is 0.545. The first-order valence-corrected chi connectivity index (χ1v) is 39.6. The van der Waals surface area contributed by atoms with E-state index in [0.717, 1.165) is 65.2 Å². The number of benzene rings is 3. The van der Waals surface area contributed by atoms with E-state index in [4.69, 9.17) is 30.7 Å². The Morgan fingerprint density at radius 1 is 0.774 bits per heavy atom. The van der Waals surface area contributed by atoms with E-state index in [9.17, 15) is 54.3 Å². The second kappa shape index (κ2) is 30.8. The summed E-state index contributed by atoms with van der Waals surface area (Å²) >= 11 is 0. The van der Waals surface area contributed by atoms with Crippen LogP contribution in [0.1, 0.15) is 87.1 Å². The van der Waals surface area contributed by atoms with Crippen molar-refractivity contribution in [3.8, 4) is 0 Å². The predicted molar refractivity (Wildman–Crippen MR) is 323 cm³/mol. The van der Waals surface area contributed by atoms with Gasteiger partial charge in [-0.2, -0.15) is 26.3 Å². The maximum atomic E-state index is 13.9. The van der Waals surface area contributed by atoms with Crippen molar-refractivity contribution >= 4 is 131 Å². The Balaban J connectivity index is 0.000000462. The van der Waals surface area contributed by atoms with Crippen molar-refractivity contribution in [2.24, 2.45) is 0 Å². The number of ether oxygens (including phenoxy) is 1. The first kappa shape index (κ1) is 76.8. The molecule has 0 spiro atoms. The van der Waals surface area contributed by atoms with Crippen LogP contribution in [0.5, 0.6) is 0 Å². The van der Waals surface area contributed by atoms with Crippen LogP contribution < -0.4 is 15.1 Å². The minimum atomic E-state index is -6.09. The summed E-state index contributed by atoms with van der Waals surface area (Å²) in [5.41, 5.74) is -6.01. The monoisotopic (exact) mass is 1330 g/mol. The summed E-state index contributed by atoms with van der Waals surface area (Å²) in [6.07, 6.45) is 8.43. The second-order valence-electron chi connectivity index (χ2n) is 23.8. The summed E-state index contributed by atoms with van der Waals surface area (Å²) in [4.78, 5) is 43.4. The quantitative estimate of drug-likeness (QED) is 0.0396. The van der Waals surface area contributed by atoms with Crippen LogP contribution in [-0.4, -0.2) is 172 Å². The Kier molecular flexibility index (Phi) is 28.1. The number of carbonyl (C=O) groups is 3. The number of carbonyl (C=O) groups excluding carboxylic acids is 3. The van der Waals surface area contributed by atoms with Gasteiger partial charge in [-0.3, -0.25) is 18.0 Å². The molecule has 0 bridgehead atoms. The van der Waals surface area contributed by atoms with E-state index in [0.29, 0.717) is 17.4 Å². The van der Waals surface area contributed by atoms with E-state index in [1.165, 1.54) is 16.7 Å². The molecule has 5 atom stereocenters. The van der Waals surface area contributed by atoms with Crippen LogP contribution in [0.2, 0.25) is 51.4 Å². The van der Waals surface area contributed by atoms with E-state index in [-0.39, 0.29) is 74.9 Å². The van der Waals surface area contributed by atoms with Crippen LogP contribution >= 0.6 is 0 Å². The molecule has 3 amide bonds. The van der Waals surface area contributed by atoms with Crippen molar-refractivity contribution in [1.82, 2.24) is 5.32 Å². The number of anilines is 2. The molecule has 0 fully saturated rings. The standard InChI is InChI=1S/C30H42N2O5SSi.C23H35NO2SSi.2CHF3O3S.Ca/c1-29(2,35)16-15-24-13-10-14-25-26(24)30(27(33)32(25)3,22-38(36)19-20-39(4,5)6)17-18-31-28(34)37-21-23-11-8-7-9-12-23;1-17(2)15-18-9-8-12-23(16-27(26)13-14-28(4,5)6)21-19(18)10-7-11-20(21)24(3)22(23)25;2*2-1(3,4)8(5,6)7;/h7-16,35H,17-22H2,1-6H3,(H,31,34);7,10-11,15,18H,8-9,12-14,16H2,1-6H3;2*(H,5,6,7);/q;;;;+2/p-2/b16-15+;;;;/t30-,38-;18-,23+,27+;;;/m01.../s1. The zero-order valence-corrected chi connectivity index (χ0v) is 57.0. The number of hydrogen-bond donors (Lipinski definition) is 2. The van der Waals surface area contributed by atoms with Gasteiger partial charge in [-0.1, -0.05) is 124 Å². The SMILES string of the molecule is CC(C)=C[C@H]1CCC[C@@]2(C[S@@](=O)CC[Si](C)(C)C)C(=O)N(C)c3cccc1c32.CN1C(=O)[C@@](CCNC(=O)OCc2ccccc2)(C[S@@](=O)CC[Si](C)(C)C)c2c(/C=C/C(C)(C)O)cccc21.O=S(=O)([O-])C(F)(F)F.O=S(=O)([O-])C(F)(F)F.[Ca+2]. The molecule has 0 radical (unpaired) electrons. The molecular weight excluding hydrogens is 1250 g/mol. The summed E-state index contributed by atoms with van der Waals surface area (Å²) in [5, 5.41) is 13.1. The Morgan fingerprint density at radius 3 is 1.73 bits per heavy atom. The number of halogens is 6. The van der Waals surface area contributed by atoms with Crippen molar-refractivity contribution in [3.63, 3.8) is 0 Å². The molecule has 6 rings (SSSR count). The summed E-state index contributed by atoms with van der Waals surface area (Å²) in [6.45, 7) is 21.7. The van der Waals surface area contributed by atoms with Crippen LogP contribution in [-0.2, 0) is 73.6 Å². The molecule has 466 valence electrons. The van der Waals surface area contributed by atoms with E-state index >= 15 is 0 Å². The molecule has 16 nitrogen and oxygen atoms in total. The predicted octanol–water partition coefficient (Wildman–Crippen LogP) is 10.0. The number of nitrogens with one attached hydrogen (secondary N) is 1. The number of rotatable bonds is 18. The van der Waals surface area contributed by atoms with E-state index in [1.54, 1.807) is 31.9 Å². The van der Waals surface area contributed by atoms with E-state index < -0.39 is 91.5 Å². The van der Waals surface area contributed by atoms with Gasteiger partial charge in [0, 0.05) is 98.7 Å². The summed E-state index contributed by atoms with van der Waals surface area (Å²) in [6, 6.07) is 23.4. The number of hydrogen-bond acceptors (Lipinski definition) is 13. The van der Waals surface area contributed by atoms with Gasteiger partial charge < -0.3 is 34.1 Å². The number of alkyl carbamates (subject to hydrolysis) is 1. The van der Waals surface area contributed by atoms with E-state index in [1.807, 2.05) is 66.6 Å². The Morgan fingerprint density at radius 2 is 1.25 bits per heavy atom. The van der Waals surface area contributed by atoms with Gasteiger partial charge in [0.05, 0.1) is 16.4 Å². The van der Waals surface area contributed by atoms with Crippen molar-refractivity contribution in [2.75, 3.05) is 53.5 Å². The van der Waals surface area contributed by atoms with Gasteiger partial charge in [0.1, 0.15) is 6.61 Å². The van der Waals surface area contributed by atoms with E-state index in [2.05, 4.69) is 82.7 Å². The third-order valence-corrected chi connectivity index (χ3v) is 21.9. The van der Waals surface area contributed by atoms with Gasteiger partial charge in [-0.05, 0) is 99.0 Å². The van der Waals surface area contributed by atoms with Crippen LogP contribution in [0, 0.1) is 0 Å². The summed E-state index contributed by atoms with van der Waals surface area (Å²) in [7, 11) is -13.4. The molecule has 3 aromatic rings. The Labute approximate surface area is 527 Å². The minimum absolute atomic E-state index is 0. The van der Waals surface area contributed by atoms with Crippen molar-refractivity contribution in [2.45, 2.75) is 145 Å². The number of allylic oxidation sites excluding steroid dienone is 2. The summed E-state index contributed by atoms with van der Waals surface area (Å²) < 4.78 is 150. The van der Waals surface area contributed by atoms with Gasteiger partial charge in [0.25, 0.3) is 0 Å². The van der Waals surface area contributed by atoms with Crippen LogP contribution in [0.4, 0.5) is 42.5 Å². The van der Waals surface area contributed by atoms with Gasteiger partial charge in [-0.25, -0.2) is 21.6 Å². The first-order valence-electron chi connectivity index (χ1n) is 26.4. The number of alkyl halides is 6. The molecule has 2 aliphatic heterocycles. The third-order valence-electron chi connectivity index (χ3n) is 13.6. The van der Waals surface area contributed by atoms with Crippen LogP contribution in [0.25, 0.3) is 6.08 Å². The number of amides is 3. The average Bonchev–Trinajstić information content (AvgIpc) is 3.66. The zero-order chi connectivity index (χ0) is 63.5. The van der Waals surface area contributed by atoms with Gasteiger partial charge in [0.2, 0.25) is 11.8 Å².